The van der Waals surface area contributed by atoms with Crippen molar-refractivity contribution in [2.24, 2.45) is 0 Å². The molecule has 0 bridgehead atoms. The van der Waals surface area contributed by atoms with E-state index in [1.165, 1.54) is 0 Å². The third kappa shape index (κ3) is 2.25. The van der Waals surface area contributed by atoms with Crippen molar-refractivity contribution in [3.8, 4) is 0 Å². The summed E-state index contributed by atoms with van der Waals surface area (Å²) in [5.41, 5.74) is 0. The molecule has 1 saturated heterocycles. The highest BCUT2D eigenvalue weighted by Crippen LogP contribution is 2.28. The number of aliphatic hydroxyl groups is 1. The van der Waals surface area contributed by atoms with E-state index in [1.54, 1.807) is 0 Å². The third-order valence-corrected chi connectivity index (χ3v) is 2.90. The fraction of sp³-hybridized carbons (Fsp3) is 0.900. The molecule has 0 aromatic heterocycles. The Morgan fingerprint density at radius 1 is 1.50 bits per heavy atom. The molecule has 2 N–H and O–H groups in total. The average Bonchev–Trinajstić information content (AvgIpc) is 2.48. The normalized spacial score (nSPS) is 28.6. The molecule has 1 aliphatic rings. The quantitative estimate of drug-likeness (QED) is 0.702. The summed E-state index contributed by atoms with van der Waals surface area (Å²) >= 11 is 0. The van der Waals surface area contributed by atoms with Crippen LogP contribution in [-0.4, -0.2) is 45.8 Å². The van der Waals surface area contributed by atoms with E-state index in [9.17, 15) is 4.79 Å². The predicted octanol–water partition coefficient (Wildman–Crippen LogP) is 0.695. The van der Waals surface area contributed by atoms with E-state index in [4.69, 9.17) is 10.2 Å². The second kappa shape index (κ2) is 4.75. The number of carboxylic acid groups (broad SMARTS) is 1. The van der Waals surface area contributed by atoms with Crippen molar-refractivity contribution in [1.29, 1.82) is 0 Å². The molecule has 0 spiro atoms. The van der Waals surface area contributed by atoms with E-state index in [0.29, 0.717) is 12.8 Å². The summed E-state index contributed by atoms with van der Waals surface area (Å²) in [5.74, 6) is -0.737. The van der Waals surface area contributed by atoms with Crippen molar-refractivity contribution in [3.63, 3.8) is 0 Å². The van der Waals surface area contributed by atoms with Gasteiger partial charge in [-0.3, -0.25) is 9.69 Å². The summed E-state index contributed by atoms with van der Waals surface area (Å²) in [6.45, 7) is 4.15. The Morgan fingerprint density at radius 2 is 2.14 bits per heavy atom. The second-order valence-corrected chi connectivity index (χ2v) is 4.14. The van der Waals surface area contributed by atoms with Gasteiger partial charge in [0, 0.05) is 18.7 Å². The van der Waals surface area contributed by atoms with Crippen molar-refractivity contribution < 1.29 is 15.0 Å². The van der Waals surface area contributed by atoms with Gasteiger partial charge in [0.15, 0.2) is 0 Å². The maximum absolute atomic E-state index is 11.0. The van der Waals surface area contributed by atoms with E-state index < -0.39 is 5.97 Å². The molecule has 82 valence electrons. The van der Waals surface area contributed by atoms with Crippen LogP contribution in [0.5, 0.6) is 0 Å². The molecule has 0 amide bonds. The number of hydrogen-bond acceptors (Lipinski definition) is 3. The monoisotopic (exact) mass is 201 g/mol. The molecule has 0 saturated carbocycles. The van der Waals surface area contributed by atoms with Gasteiger partial charge in [-0.1, -0.05) is 0 Å². The Hall–Kier alpha value is -0.610. The van der Waals surface area contributed by atoms with Crippen LogP contribution < -0.4 is 0 Å². The van der Waals surface area contributed by atoms with E-state index in [-0.39, 0.29) is 24.7 Å². The molecule has 1 aliphatic heterocycles. The van der Waals surface area contributed by atoms with Crippen LogP contribution in [0.3, 0.4) is 0 Å². The van der Waals surface area contributed by atoms with Gasteiger partial charge in [0.25, 0.3) is 0 Å². The Labute approximate surface area is 84.5 Å². The summed E-state index contributed by atoms with van der Waals surface area (Å²) in [5, 5.41) is 17.9. The Morgan fingerprint density at radius 3 is 2.57 bits per heavy atom. The van der Waals surface area contributed by atoms with Gasteiger partial charge in [0.1, 0.15) is 6.04 Å². The van der Waals surface area contributed by atoms with Crippen molar-refractivity contribution in [3.05, 3.63) is 0 Å². The highest BCUT2D eigenvalue weighted by molar-refractivity contribution is 5.74. The minimum Gasteiger partial charge on any atom is -0.480 e. The molecule has 4 heteroatoms. The molecule has 2 atom stereocenters. The molecular weight excluding hydrogens is 182 g/mol. The molecule has 14 heavy (non-hydrogen) atoms. The zero-order valence-electron chi connectivity index (χ0n) is 8.81. The lowest BCUT2D eigenvalue weighted by Crippen LogP contribution is -2.45. The van der Waals surface area contributed by atoms with Gasteiger partial charge in [-0.25, -0.2) is 0 Å². The zero-order chi connectivity index (χ0) is 10.7. The van der Waals surface area contributed by atoms with Crippen molar-refractivity contribution in [2.75, 3.05) is 6.61 Å². The Balaban J connectivity index is 2.69. The van der Waals surface area contributed by atoms with Crippen LogP contribution in [0.2, 0.25) is 0 Å². The maximum Gasteiger partial charge on any atom is 0.320 e. The number of nitrogens with zero attached hydrogens (tertiary/aromatic N) is 1. The topological polar surface area (TPSA) is 60.8 Å². The van der Waals surface area contributed by atoms with Crippen molar-refractivity contribution >= 4 is 5.97 Å². The highest BCUT2D eigenvalue weighted by Gasteiger charge is 2.38. The molecule has 0 radical (unpaired) electrons. The summed E-state index contributed by atoms with van der Waals surface area (Å²) in [4.78, 5) is 13.0. The van der Waals surface area contributed by atoms with Crippen LogP contribution in [0, 0.1) is 0 Å². The second-order valence-electron chi connectivity index (χ2n) is 4.14. The average molecular weight is 201 g/mol. The molecule has 1 fully saturated rings. The predicted molar refractivity (Wildman–Crippen MR) is 53.1 cm³/mol. The van der Waals surface area contributed by atoms with Gasteiger partial charge < -0.3 is 10.2 Å². The first-order valence-corrected chi connectivity index (χ1v) is 5.19. The lowest BCUT2D eigenvalue weighted by atomic mass is 10.1. The van der Waals surface area contributed by atoms with Crippen LogP contribution in [0.1, 0.15) is 33.1 Å². The minimum absolute atomic E-state index is 0.139. The number of rotatable bonds is 4. The summed E-state index contributed by atoms with van der Waals surface area (Å²) in [7, 11) is 0. The number of carbonyl (C=O) groups is 1. The van der Waals surface area contributed by atoms with Gasteiger partial charge in [-0.2, -0.15) is 0 Å². The molecule has 0 unspecified atom stereocenters. The van der Waals surface area contributed by atoms with Crippen LogP contribution in [0.25, 0.3) is 0 Å². The van der Waals surface area contributed by atoms with Gasteiger partial charge in [-0.05, 0) is 33.1 Å². The van der Waals surface area contributed by atoms with Crippen LogP contribution in [0.4, 0.5) is 0 Å². The maximum atomic E-state index is 11.0. The first-order valence-electron chi connectivity index (χ1n) is 5.19. The Bertz CT molecular complexity index is 206. The molecule has 0 aromatic rings. The van der Waals surface area contributed by atoms with E-state index in [2.05, 4.69) is 0 Å². The number of aliphatic hydroxyl groups excluding tert-OH is 1. The van der Waals surface area contributed by atoms with Crippen LogP contribution in [0.15, 0.2) is 0 Å². The summed E-state index contributed by atoms with van der Waals surface area (Å²) < 4.78 is 0. The number of carboxylic acids is 1. The largest absolute Gasteiger partial charge is 0.480 e. The molecule has 4 nitrogen and oxygen atoms in total. The number of aliphatic carboxylic acids is 1. The zero-order valence-corrected chi connectivity index (χ0v) is 8.81. The summed E-state index contributed by atoms with van der Waals surface area (Å²) in [6, 6.07) is 0.114. The van der Waals surface area contributed by atoms with Crippen LogP contribution in [-0.2, 0) is 4.79 Å². The minimum atomic E-state index is -0.737. The van der Waals surface area contributed by atoms with Gasteiger partial charge >= 0.3 is 5.97 Å². The van der Waals surface area contributed by atoms with Crippen molar-refractivity contribution in [1.82, 2.24) is 4.90 Å². The van der Waals surface area contributed by atoms with Gasteiger partial charge in [0.2, 0.25) is 0 Å². The molecule has 0 aromatic carbocycles. The standard InChI is InChI=1S/C10H19NO3/c1-7(2)11-8(5-6-12)3-4-9(11)10(13)14/h7-9,12H,3-6H2,1-2H3,(H,13,14)/t8-,9-/m0/s1. The third-order valence-electron chi connectivity index (χ3n) is 2.90. The number of hydrogen-bond donors (Lipinski definition) is 2. The fourth-order valence-electron chi connectivity index (χ4n) is 2.38. The smallest absolute Gasteiger partial charge is 0.320 e. The molecular formula is C10H19NO3. The molecule has 1 heterocycles. The van der Waals surface area contributed by atoms with E-state index in [1.807, 2.05) is 18.7 Å². The number of likely N-dealkylation sites (tertiary alicyclic amines) is 1. The SMILES string of the molecule is CC(C)N1[C@H](CCO)CC[C@H]1C(=O)O. The summed E-state index contributed by atoms with van der Waals surface area (Å²) in [6.07, 6.45) is 2.27. The van der Waals surface area contributed by atoms with Gasteiger partial charge in [0.05, 0.1) is 0 Å². The van der Waals surface area contributed by atoms with Crippen molar-refractivity contribution in [2.45, 2.75) is 51.2 Å². The van der Waals surface area contributed by atoms with Crippen LogP contribution >= 0.6 is 0 Å². The molecule has 0 aliphatic carbocycles. The highest BCUT2D eigenvalue weighted by atomic mass is 16.4. The fourth-order valence-corrected chi connectivity index (χ4v) is 2.38. The Kier molecular flexibility index (Phi) is 3.89. The first-order chi connectivity index (χ1) is 6.57. The van der Waals surface area contributed by atoms with E-state index in [0.717, 1.165) is 6.42 Å². The lowest BCUT2D eigenvalue weighted by molar-refractivity contribution is -0.143. The lowest BCUT2D eigenvalue weighted by Gasteiger charge is -2.31. The first kappa shape index (κ1) is 11.5. The molecule has 1 rings (SSSR count). The van der Waals surface area contributed by atoms with Gasteiger partial charge in [-0.15, -0.1) is 0 Å². The van der Waals surface area contributed by atoms with E-state index >= 15 is 0 Å².